The zero-order chi connectivity index (χ0) is 23.0. The second kappa shape index (κ2) is 9.01. The Morgan fingerprint density at radius 3 is 2.61 bits per heavy atom. The van der Waals surface area contributed by atoms with Crippen molar-refractivity contribution in [3.05, 3.63) is 64.2 Å². The Labute approximate surface area is 192 Å². The largest absolute Gasteiger partial charge is 0.573 e. The van der Waals surface area contributed by atoms with Gasteiger partial charge in [-0.2, -0.15) is 0 Å². The van der Waals surface area contributed by atoms with Crippen LogP contribution in [0.25, 0.3) is 6.20 Å². The molecule has 0 amide bonds. The van der Waals surface area contributed by atoms with E-state index in [0.29, 0.717) is 16.5 Å². The Bertz CT molecular complexity index is 1110. The molecule has 2 aromatic carbocycles. The first-order valence-corrected chi connectivity index (χ1v) is 11.8. The van der Waals surface area contributed by atoms with Crippen LogP contribution in [0.15, 0.2) is 47.5 Å². The van der Waals surface area contributed by atoms with Crippen LogP contribution in [-0.4, -0.2) is 42.3 Å². The van der Waals surface area contributed by atoms with Crippen molar-refractivity contribution in [2.24, 2.45) is 16.8 Å². The van der Waals surface area contributed by atoms with Crippen LogP contribution < -0.4 is 15.3 Å². The minimum Gasteiger partial charge on any atom is -0.406 e. The first-order valence-electron chi connectivity index (χ1n) is 11.8. The summed E-state index contributed by atoms with van der Waals surface area (Å²) in [6.45, 7) is 6.35. The van der Waals surface area contributed by atoms with Gasteiger partial charge < -0.3 is 14.5 Å². The summed E-state index contributed by atoms with van der Waals surface area (Å²) in [4.78, 5) is 9.79. The minimum atomic E-state index is -4.71. The molecule has 0 bridgehead atoms. The fourth-order valence-corrected chi connectivity index (χ4v) is 5.11. The molecule has 33 heavy (non-hydrogen) atoms. The van der Waals surface area contributed by atoms with Crippen molar-refractivity contribution < 1.29 is 17.9 Å². The number of piperidine rings is 1. The number of hydrogen-bond donors (Lipinski definition) is 0. The topological polar surface area (TPSA) is 28.1 Å². The van der Waals surface area contributed by atoms with Crippen molar-refractivity contribution >= 4 is 6.20 Å². The van der Waals surface area contributed by atoms with Gasteiger partial charge in [0, 0.05) is 31.1 Å². The molecule has 1 saturated heterocycles. The van der Waals surface area contributed by atoms with Crippen molar-refractivity contribution in [2.75, 3.05) is 26.2 Å². The van der Waals surface area contributed by atoms with Gasteiger partial charge in [-0.25, -0.2) is 0 Å². The summed E-state index contributed by atoms with van der Waals surface area (Å²) in [5.74, 6) is 1.17. The van der Waals surface area contributed by atoms with Crippen molar-refractivity contribution in [3.8, 4) is 5.75 Å². The number of alkyl halides is 3. The number of ether oxygens (including phenoxy) is 1. The monoisotopic (exact) mass is 457 g/mol. The molecule has 5 rings (SSSR count). The van der Waals surface area contributed by atoms with Crippen LogP contribution in [0.3, 0.4) is 0 Å². The number of fused-ring (bicyclic) bond motifs is 1. The van der Waals surface area contributed by atoms with Crippen LogP contribution in [0.4, 0.5) is 13.2 Å². The van der Waals surface area contributed by atoms with E-state index >= 15 is 0 Å². The number of likely N-dealkylation sites (tertiary alicyclic amines) is 1. The fraction of sp³-hybridized carbons (Fsp3) is 0.500. The highest BCUT2D eigenvalue weighted by Gasteiger charge is 2.32. The van der Waals surface area contributed by atoms with E-state index in [2.05, 4.69) is 33.6 Å². The number of halogens is 3. The second-order valence-electron chi connectivity index (χ2n) is 9.66. The SMILES string of the molecule is Cc1ccccc1C1N=c2ccc(OC(F)(F)F)cc2=CN1CC1CCCN(CC2CC2)C1. The molecule has 2 heterocycles. The number of hydrogen-bond acceptors (Lipinski definition) is 4. The van der Waals surface area contributed by atoms with Crippen molar-refractivity contribution in [3.63, 3.8) is 0 Å². The molecule has 1 aliphatic carbocycles. The third-order valence-electron chi connectivity index (χ3n) is 6.87. The quantitative estimate of drug-likeness (QED) is 0.644. The summed E-state index contributed by atoms with van der Waals surface area (Å²) in [6, 6.07) is 12.6. The predicted octanol–water partition coefficient (Wildman–Crippen LogP) is 4.39. The standard InChI is InChI=1S/C26H30F3N3O/c1-18-5-2-3-7-23(18)25-30-24-11-10-22(33-26(27,28)29)13-21(24)17-32(25)16-20-6-4-12-31(15-20)14-19-8-9-19/h2-3,5,7,10-11,13,17,19-20,25H,4,6,8-9,12,14-16H2,1H3. The summed E-state index contributed by atoms with van der Waals surface area (Å²) >= 11 is 0. The van der Waals surface area contributed by atoms with Gasteiger partial charge in [0.15, 0.2) is 0 Å². The molecule has 2 atom stereocenters. The lowest BCUT2D eigenvalue weighted by Crippen LogP contribution is -2.44. The molecular formula is C26H30F3N3O. The maximum absolute atomic E-state index is 12.7. The maximum atomic E-state index is 12.7. The molecule has 2 aliphatic heterocycles. The lowest BCUT2D eigenvalue weighted by atomic mass is 9.96. The highest BCUT2D eigenvalue weighted by atomic mass is 19.4. The molecule has 3 aliphatic rings. The van der Waals surface area contributed by atoms with Gasteiger partial charge in [-0.05, 0) is 80.3 Å². The Hall–Kier alpha value is -2.54. The van der Waals surface area contributed by atoms with Crippen LogP contribution in [0, 0.1) is 18.8 Å². The van der Waals surface area contributed by atoms with Gasteiger partial charge in [-0.15, -0.1) is 13.2 Å². The third kappa shape index (κ3) is 5.52. The zero-order valence-corrected chi connectivity index (χ0v) is 18.9. The van der Waals surface area contributed by atoms with Gasteiger partial charge in [0.2, 0.25) is 0 Å². The highest BCUT2D eigenvalue weighted by Crippen LogP contribution is 2.33. The van der Waals surface area contributed by atoms with E-state index in [9.17, 15) is 13.2 Å². The molecule has 0 spiro atoms. The summed E-state index contributed by atoms with van der Waals surface area (Å²) in [5, 5.41) is 1.35. The normalized spacial score (nSPS) is 23.5. The van der Waals surface area contributed by atoms with Gasteiger partial charge in [-0.1, -0.05) is 24.3 Å². The van der Waals surface area contributed by atoms with E-state index in [-0.39, 0.29) is 11.9 Å². The summed E-state index contributed by atoms with van der Waals surface area (Å²) in [5.41, 5.74) is 2.28. The lowest BCUT2D eigenvalue weighted by molar-refractivity contribution is -0.274. The minimum absolute atomic E-state index is 0.188. The van der Waals surface area contributed by atoms with E-state index in [1.54, 1.807) is 6.07 Å². The first-order chi connectivity index (χ1) is 15.8. The van der Waals surface area contributed by atoms with Crippen molar-refractivity contribution in [1.29, 1.82) is 0 Å². The number of benzene rings is 2. The number of rotatable bonds is 6. The van der Waals surface area contributed by atoms with Gasteiger partial charge in [0.25, 0.3) is 0 Å². The summed E-state index contributed by atoms with van der Waals surface area (Å²) < 4.78 is 42.4. The van der Waals surface area contributed by atoms with Gasteiger partial charge in [0.05, 0.1) is 5.36 Å². The predicted molar refractivity (Wildman–Crippen MR) is 121 cm³/mol. The zero-order valence-electron chi connectivity index (χ0n) is 18.9. The molecule has 2 unspecified atom stereocenters. The molecule has 0 radical (unpaired) electrons. The second-order valence-corrected chi connectivity index (χ2v) is 9.66. The first kappa shape index (κ1) is 22.3. The van der Waals surface area contributed by atoms with Crippen molar-refractivity contribution in [2.45, 2.75) is 45.1 Å². The van der Waals surface area contributed by atoms with Gasteiger partial charge >= 0.3 is 6.36 Å². The van der Waals surface area contributed by atoms with E-state index in [1.807, 2.05) is 18.3 Å². The van der Waals surface area contributed by atoms with Crippen LogP contribution in [-0.2, 0) is 0 Å². The molecular weight excluding hydrogens is 427 g/mol. The van der Waals surface area contributed by atoms with Crippen LogP contribution >= 0.6 is 0 Å². The Kier molecular flexibility index (Phi) is 6.08. The maximum Gasteiger partial charge on any atom is 0.573 e. The fourth-order valence-electron chi connectivity index (χ4n) is 5.11. The molecule has 4 nitrogen and oxygen atoms in total. The van der Waals surface area contributed by atoms with Gasteiger partial charge in [-0.3, -0.25) is 4.99 Å². The Morgan fingerprint density at radius 2 is 1.85 bits per heavy atom. The van der Waals surface area contributed by atoms with E-state index in [4.69, 9.17) is 4.99 Å². The lowest BCUT2D eigenvalue weighted by Gasteiger charge is -2.38. The molecule has 0 N–H and O–H groups in total. The van der Waals surface area contributed by atoms with Crippen LogP contribution in [0.5, 0.6) is 5.75 Å². The third-order valence-corrected chi connectivity index (χ3v) is 6.87. The smallest absolute Gasteiger partial charge is 0.406 e. The van der Waals surface area contributed by atoms with Crippen LogP contribution in [0.2, 0.25) is 0 Å². The van der Waals surface area contributed by atoms with E-state index in [0.717, 1.165) is 36.6 Å². The summed E-state index contributed by atoms with van der Waals surface area (Å²) in [7, 11) is 0. The Morgan fingerprint density at radius 1 is 1.03 bits per heavy atom. The molecule has 0 aromatic heterocycles. The van der Waals surface area contributed by atoms with Crippen molar-refractivity contribution in [1.82, 2.24) is 9.80 Å². The van der Waals surface area contributed by atoms with Gasteiger partial charge in [0.1, 0.15) is 11.9 Å². The molecule has 2 fully saturated rings. The van der Waals surface area contributed by atoms with E-state index < -0.39 is 6.36 Å². The number of aryl methyl sites for hydroxylation is 1. The molecule has 1 saturated carbocycles. The average Bonchev–Trinajstić information content (AvgIpc) is 3.57. The molecule has 7 heteroatoms. The summed E-state index contributed by atoms with van der Waals surface area (Å²) in [6.07, 6.45) is 2.14. The average molecular weight is 458 g/mol. The molecule has 2 aromatic rings. The number of nitrogens with zero attached hydrogens (tertiary/aromatic N) is 3. The van der Waals surface area contributed by atoms with Crippen LogP contribution in [0.1, 0.15) is 43.0 Å². The van der Waals surface area contributed by atoms with E-state index in [1.165, 1.54) is 44.5 Å². The Balaban J connectivity index is 1.45. The molecule has 176 valence electrons. The highest BCUT2D eigenvalue weighted by molar-refractivity contribution is 5.36.